The molecule has 0 aliphatic heterocycles. The first kappa shape index (κ1) is 13.3. The van der Waals surface area contributed by atoms with Crippen molar-refractivity contribution in [3.05, 3.63) is 45.9 Å². The fourth-order valence-corrected chi connectivity index (χ4v) is 2.43. The maximum atomic E-state index is 12.3. The molecule has 7 nitrogen and oxygen atoms in total. The summed E-state index contributed by atoms with van der Waals surface area (Å²) in [6.45, 7) is 3.69. The van der Waals surface area contributed by atoms with Crippen molar-refractivity contribution in [3.8, 4) is 0 Å². The maximum absolute atomic E-state index is 12.3. The Bertz CT molecular complexity index is 900. The number of aromatic nitrogens is 5. The second kappa shape index (κ2) is 4.69. The van der Waals surface area contributed by atoms with Gasteiger partial charge < -0.3 is 4.98 Å². The molecule has 0 aliphatic rings. The van der Waals surface area contributed by atoms with Crippen LogP contribution in [0, 0.1) is 13.8 Å². The van der Waals surface area contributed by atoms with Crippen LogP contribution in [0.25, 0.3) is 11.0 Å². The fraction of sp³-hybridized carbons (Fsp3) is 0.286. The number of nitrogens with zero attached hydrogens (tertiary/aromatic N) is 4. The molecule has 0 saturated heterocycles. The first-order valence-corrected chi connectivity index (χ1v) is 6.54. The topological polar surface area (TPSA) is 85.6 Å². The van der Waals surface area contributed by atoms with Crippen molar-refractivity contribution in [3.63, 3.8) is 0 Å². The van der Waals surface area contributed by atoms with Crippen molar-refractivity contribution >= 4 is 16.8 Å². The Hall–Kier alpha value is -2.70. The molecule has 3 heterocycles. The van der Waals surface area contributed by atoms with E-state index in [-0.39, 0.29) is 17.9 Å². The van der Waals surface area contributed by atoms with Gasteiger partial charge in [-0.3, -0.25) is 18.8 Å². The molecular formula is C14H15N5O2. The average Bonchev–Trinajstić information content (AvgIpc) is 2.96. The lowest BCUT2D eigenvalue weighted by Crippen LogP contribution is -2.24. The molecule has 108 valence electrons. The van der Waals surface area contributed by atoms with Gasteiger partial charge in [0.05, 0.1) is 12.7 Å². The number of carbonyl (C=O) groups excluding carboxylic acids is 1. The summed E-state index contributed by atoms with van der Waals surface area (Å²) in [6, 6.07) is 1.79. The van der Waals surface area contributed by atoms with Crippen LogP contribution in [-0.4, -0.2) is 30.1 Å². The lowest BCUT2D eigenvalue weighted by atomic mass is 10.1. The van der Waals surface area contributed by atoms with Gasteiger partial charge in [0, 0.05) is 24.0 Å². The second-order valence-corrected chi connectivity index (χ2v) is 5.10. The van der Waals surface area contributed by atoms with Gasteiger partial charge in [0.2, 0.25) is 0 Å². The van der Waals surface area contributed by atoms with Crippen molar-refractivity contribution in [1.29, 1.82) is 0 Å². The summed E-state index contributed by atoms with van der Waals surface area (Å²) in [5, 5.41) is 4.42. The molecule has 3 aromatic rings. The average molecular weight is 285 g/mol. The van der Waals surface area contributed by atoms with Crippen LogP contribution in [0.5, 0.6) is 0 Å². The first-order chi connectivity index (χ1) is 9.97. The molecular weight excluding hydrogens is 270 g/mol. The van der Waals surface area contributed by atoms with E-state index in [1.54, 1.807) is 13.1 Å². The number of fused-ring (bicyclic) bond motifs is 1. The minimum Gasteiger partial charge on any atom is -0.362 e. The van der Waals surface area contributed by atoms with E-state index in [2.05, 4.69) is 15.1 Å². The van der Waals surface area contributed by atoms with Gasteiger partial charge in [0.15, 0.2) is 11.4 Å². The quantitative estimate of drug-likeness (QED) is 0.726. The monoisotopic (exact) mass is 285 g/mol. The van der Waals surface area contributed by atoms with Crippen molar-refractivity contribution in [1.82, 2.24) is 24.3 Å². The van der Waals surface area contributed by atoms with Crippen LogP contribution in [-0.2, 0) is 13.6 Å². The number of aromatic amines is 1. The Morgan fingerprint density at radius 3 is 2.81 bits per heavy atom. The summed E-state index contributed by atoms with van der Waals surface area (Å²) in [5.74, 6) is -0.121. The van der Waals surface area contributed by atoms with Crippen molar-refractivity contribution in [2.45, 2.75) is 20.4 Å². The number of ketones is 1. The predicted molar refractivity (Wildman–Crippen MR) is 77.4 cm³/mol. The van der Waals surface area contributed by atoms with Gasteiger partial charge in [-0.25, -0.2) is 4.98 Å². The molecule has 3 aromatic heterocycles. The summed E-state index contributed by atoms with van der Waals surface area (Å²) in [5.41, 5.74) is 2.58. The Morgan fingerprint density at radius 1 is 1.38 bits per heavy atom. The third-order valence-corrected chi connectivity index (χ3v) is 3.48. The number of Topliss-reactive ketones (excluding diaryl/α,β-unsaturated/α-hetero) is 1. The van der Waals surface area contributed by atoms with Crippen LogP contribution in [0.15, 0.2) is 23.4 Å². The highest BCUT2D eigenvalue weighted by atomic mass is 16.1. The number of H-pyrrole nitrogens is 1. The largest absolute Gasteiger partial charge is 0.362 e. The van der Waals surface area contributed by atoms with Crippen LogP contribution < -0.4 is 5.56 Å². The summed E-state index contributed by atoms with van der Waals surface area (Å²) in [7, 11) is 1.72. The highest BCUT2D eigenvalue weighted by molar-refractivity contribution is 5.97. The fourth-order valence-electron chi connectivity index (χ4n) is 2.43. The molecule has 0 amide bonds. The molecule has 0 saturated carbocycles. The summed E-state index contributed by atoms with van der Waals surface area (Å²) < 4.78 is 2.84. The molecule has 0 aromatic carbocycles. The normalized spacial score (nSPS) is 11.2. The maximum Gasteiger partial charge on any atom is 0.264 e. The third-order valence-electron chi connectivity index (χ3n) is 3.48. The van der Waals surface area contributed by atoms with Crippen LogP contribution in [0.2, 0.25) is 0 Å². The minimum atomic E-state index is -0.258. The van der Waals surface area contributed by atoms with E-state index in [4.69, 9.17) is 0 Å². The predicted octanol–water partition coefficient (Wildman–Crippen LogP) is 0.958. The molecule has 0 fully saturated rings. The molecule has 1 N–H and O–H groups in total. The zero-order chi connectivity index (χ0) is 15.1. The van der Waals surface area contributed by atoms with Gasteiger partial charge in [-0.05, 0) is 19.9 Å². The van der Waals surface area contributed by atoms with E-state index >= 15 is 0 Å². The second-order valence-electron chi connectivity index (χ2n) is 5.10. The molecule has 0 bridgehead atoms. The van der Waals surface area contributed by atoms with Gasteiger partial charge in [-0.1, -0.05) is 0 Å². The molecule has 0 spiro atoms. The Balaban J connectivity index is 1.98. The summed E-state index contributed by atoms with van der Waals surface area (Å²) in [4.78, 5) is 31.9. The van der Waals surface area contributed by atoms with E-state index in [9.17, 15) is 9.59 Å². The number of hydrogen-bond donors (Lipinski definition) is 1. The van der Waals surface area contributed by atoms with E-state index in [1.807, 2.05) is 13.8 Å². The van der Waals surface area contributed by atoms with Gasteiger partial charge in [0.25, 0.3) is 5.56 Å². The summed E-state index contributed by atoms with van der Waals surface area (Å²) in [6.07, 6.45) is 2.86. The molecule has 0 aliphatic carbocycles. The van der Waals surface area contributed by atoms with Crippen molar-refractivity contribution in [2.75, 3.05) is 0 Å². The Labute approximate surface area is 120 Å². The van der Waals surface area contributed by atoms with E-state index in [1.165, 1.54) is 21.8 Å². The number of carbonyl (C=O) groups is 1. The van der Waals surface area contributed by atoms with Crippen molar-refractivity contribution in [2.24, 2.45) is 7.05 Å². The number of aryl methyl sites for hydroxylation is 3. The SMILES string of the molecule is Cc1cc(C(=O)Cn2cnc3c(cnn3C)c2=O)c(C)[nH]1. The van der Waals surface area contributed by atoms with Gasteiger partial charge in [-0.15, -0.1) is 0 Å². The zero-order valence-electron chi connectivity index (χ0n) is 12.0. The van der Waals surface area contributed by atoms with Crippen LogP contribution in [0.1, 0.15) is 21.7 Å². The Morgan fingerprint density at radius 2 is 2.14 bits per heavy atom. The third kappa shape index (κ3) is 2.16. The molecule has 7 heteroatoms. The van der Waals surface area contributed by atoms with Crippen LogP contribution in [0.4, 0.5) is 0 Å². The molecule has 0 unspecified atom stereocenters. The van der Waals surface area contributed by atoms with Crippen LogP contribution >= 0.6 is 0 Å². The van der Waals surface area contributed by atoms with Gasteiger partial charge in [0.1, 0.15) is 11.7 Å². The Kier molecular flexibility index (Phi) is 2.97. The molecule has 0 radical (unpaired) electrons. The smallest absolute Gasteiger partial charge is 0.264 e. The highest BCUT2D eigenvalue weighted by Gasteiger charge is 2.15. The molecule has 21 heavy (non-hydrogen) atoms. The first-order valence-electron chi connectivity index (χ1n) is 6.54. The van der Waals surface area contributed by atoms with Crippen molar-refractivity contribution < 1.29 is 4.79 Å². The lowest BCUT2D eigenvalue weighted by Gasteiger charge is -2.04. The number of nitrogens with one attached hydrogen (secondary N) is 1. The van der Waals surface area contributed by atoms with Gasteiger partial charge >= 0.3 is 0 Å². The van der Waals surface area contributed by atoms with E-state index < -0.39 is 0 Å². The standard InChI is InChI=1S/C14H15N5O2/c1-8-4-10(9(2)17-8)12(20)6-19-7-15-13-11(14(19)21)5-16-18(13)3/h4-5,7,17H,6H2,1-3H3. The molecule has 3 rings (SSSR count). The van der Waals surface area contributed by atoms with E-state index in [0.29, 0.717) is 16.6 Å². The minimum absolute atomic E-state index is 0.0329. The molecule has 0 atom stereocenters. The zero-order valence-corrected chi connectivity index (χ0v) is 12.0. The number of hydrogen-bond acceptors (Lipinski definition) is 4. The number of rotatable bonds is 3. The van der Waals surface area contributed by atoms with E-state index in [0.717, 1.165) is 11.4 Å². The highest BCUT2D eigenvalue weighted by Crippen LogP contribution is 2.11. The van der Waals surface area contributed by atoms with Gasteiger partial charge in [-0.2, -0.15) is 5.10 Å². The summed E-state index contributed by atoms with van der Waals surface area (Å²) >= 11 is 0. The lowest BCUT2D eigenvalue weighted by molar-refractivity contribution is 0.0970. The van der Waals surface area contributed by atoms with Crippen LogP contribution in [0.3, 0.4) is 0 Å².